The SMILES string of the molecule is CCc1nc(NC)c(C)c(N2CCN(C3CC3)CC2)n1. The number of hydrogen-bond donors (Lipinski definition) is 1. The van der Waals surface area contributed by atoms with Gasteiger partial charge in [-0.25, -0.2) is 9.97 Å². The van der Waals surface area contributed by atoms with Crippen molar-refractivity contribution in [2.45, 2.75) is 39.2 Å². The number of rotatable bonds is 4. The second kappa shape index (κ2) is 5.56. The van der Waals surface area contributed by atoms with E-state index < -0.39 is 0 Å². The number of aryl methyl sites for hydroxylation is 1. The molecule has 1 N–H and O–H groups in total. The molecular formula is C15H25N5. The molecular weight excluding hydrogens is 250 g/mol. The number of hydrogen-bond acceptors (Lipinski definition) is 5. The highest BCUT2D eigenvalue weighted by molar-refractivity contribution is 5.58. The molecule has 0 atom stereocenters. The summed E-state index contributed by atoms with van der Waals surface area (Å²) in [6.45, 7) is 8.74. The molecule has 2 aliphatic rings. The first-order chi connectivity index (χ1) is 9.72. The van der Waals surface area contributed by atoms with Gasteiger partial charge in [0.25, 0.3) is 0 Å². The van der Waals surface area contributed by atoms with Gasteiger partial charge in [-0.2, -0.15) is 0 Å². The minimum Gasteiger partial charge on any atom is -0.373 e. The molecule has 1 aromatic rings. The summed E-state index contributed by atoms with van der Waals surface area (Å²) in [5.74, 6) is 3.02. The van der Waals surface area contributed by atoms with Gasteiger partial charge in [0.1, 0.15) is 17.5 Å². The topological polar surface area (TPSA) is 44.3 Å². The second-order valence-corrected chi connectivity index (χ2v) is 5.79. The third-order valence-corrected chi connectivity index (χ3v) is 4.40. The van der Waals surface area contributed by atoms with E-state index in [0.717, 1.165) is 43.0 Å². The monoisotopic (exact) mass is 275 g/mol. The minimum atomic E-state index is 0.878. The summed E-state index contributed by atoms with van der Waals surface area (Å²) in [6.07, 6.45) is 3.68. The lowest BCUT2D eigenvalue weighted by Crippen LogP contribution is -2.47. The van der Waals surface area contributed by atoms with Crippen LogP contribution in [0.4, 0.5) is 11.6 Å². The lowest BCUT2D eigenvalue weighted by atomic mass is 10.2. The fourth-order valence-corrected chi connectivity index (χ4v) is 3.00. The molecule has 1 saturated carbocycles. The minimum absolute atomic E-state index is 0.878. The molecule has 0 spiro atoms. The van der Waals surface area contributed by atoms with Crippen molar-refractivity contribution in [1.82, 2.24) is 14.9 Å². The molecule has 2 heterocycles. The predicted molar refractivity (Wildman–Crippen MR) is 82.5 cm³/mol. The summed E-state index contributed by atoms with van der Waals surface area (Å²) in [6, 6.07) is 0.878. The van der Waals surface area contributed by atoms with Crippen LogP contribution in [0, 0.1) is 6.92 Å². The summed E-state index contributed by atoms with van der Waals surface area (Å²) >= 11 is 0. The molecule has 3 rings (SSSR count). The van der Waals surface area contributed by atoms with Gasteiger partial charge in [0, 0.05) is 51.3 Å². The molecule has 110 valence electrons. The van der Waals surface area contributed by atoms with E-state index in [2.05, 4.69) is 33.9 Å². The van der Waals surface area contributed by atoms with Gasteiger partial charge in [-0.3, -0.25) is 4.90 Å². The van der Waals surface area contributed by atoms with Gasteiger partial charge in [-0.1, -0.05) is 6.92 Å². The average Bonchev–Trinajstić information content (AvgIpc) is 3.32. The fraction of sp³-hybridized carbons (Fsp3) is 0.733. The first kappa shape index (κ1) is 13.6. The maximum absolute atomic E-state index is 4.76. The highest BCUT2D eigenvalue weighted by Crippen LogP contribution is 2.29. The van der Waals surface area contributed by atoms with Gasteiger partial charge < -0.3 is 10.2 Å². The van der Waals surface area contributed by atoms with Crippen molar-refractivity contribution in [2.24, 2.45) is 0 Å². The smallest absolute Gasteiger partial charge is 0.137 e. The van der Waals surface area contributed by atoms with Gasteiger partial charge in [0.05, 0.1) is 0 Å². The van der Waals surface area contributed by atoms with Crippen LogP contribution in [0.3, 0.4) is 0 Å². The van der Waals surface area contributed by atoms with Gasteiger partial charge in [-0.05, 0) is 19.8 Å². The van der Waals surface area contributed by atoms with Crippen molar-refractivity contribution in [1.29, 1.82) is 0 Å². The summed E-state index contributed by atoms with van der Waals surface area (Å²) in [5.41, 5.74) is 1.17. The van der Waals surface area contributed by atoms with Crippen LogP contribution in [0.15, 0.2) is 0 Å². The fourth-order valence-electron chi connectivity index (χ4n) is 3.00. The molecule has 0 radical (unpaired) electrons. The van der Waals surface area contributed by atoms with E-state index in [1.165, 1.54) is 31.5 Å². The van der Waals surface area contributed by atoms with E-state index in [0.29, 0.717) is 0 Å². The van der Waals surface area contributed by atoms with E-state index in [1.54, 1.807) is 0 Å². The molecule has 1 aliphatic heterocycles. The summed E-state index contributed by atoms with van der Waals surface area (Å²) in [4.78, 5) is 14.4. The summed E-state index contributed by atoms with van der Waals surface area (Å²) in [7, 11) is 1.93. The molecule has 20 heavy (non-hydrogen) atoms. The molecule has 0 aromatic carbocycles. The third-order valence-electron chi connectivity index (χ3n) is 4.40. The van der Waals surface area contributed by atoms with Crippen molar-refractivity contribution in [3.8, 4) is 0 Å². The quantitative estimate of drug-likeness (QED) is 0.905. The third kappa shape index (κ3) is 2.59. The van der Waals surface area contributed by atoms with E-state index in [1.807, 2.05) is 7.05 Å². The number of anilines is 2. The van der Waals surface area contributed by atoms with Crippen LogP contribution >= 0.6 is 0 Å². The predicted octanol–water partition coefficient (Wildman–Crippen LogP) is 1.67. The largest absolute Gasteiger partial charge is 0.373 e. The highest BCUT2D eigenvalue weighted by atomic mass is 15.3. The average molecular weight is 275 g/mol. The molecule has 1 aromatic heterocycles. The molecule has 0 bridgehead atoms. The van der Waals surface area contributed by atoms with Crippen LogP contribution < -0.4 is 10.2 Å². The Bertz CT molecular complexity index is 475. The van der Waals surface area contributed by atoms with Gasteiger partial charge in [-0.15, -0.1) is 0 Å². The lowest BCUT2D eigenvalue weighted by molar-refractivity contribution is 0.247. The normalized spacial score (nSPS) is 20.2. The van der Waals surface area contributed by atoms with E-state index in [-0.39, 0.29) is 0 Å². The zero-order chi connectivity index (χ0) is 14.1. The highest BCUT2D eigenvalue weighted by Gasteiger charge is 2.31. The Morgan fingerprint density at radius 1 is 1.15 bits per heavy atom. The van der Waals surface area contributed by atoms with Crippen LogP contribution in [0.2, 0.25) is 0 Å². The van der Waals surface area contributed by atoms with E-state index in [9.17, 15) is 0 Å². The first-order valence-corrected chi connectivity index (χ1v) is 7.77. The number of piperazine rings is 1. The van der Waals surface area contributed by atoms with Crippen molar-refractivity contribution < 1.29 is 0 Å². The summed E-state index contributed by atoms with van der Waals surface area (Å²) in [5, 5.41) is 3.20. The van der Waals surface area contributed by atoms with Crippen LogP contribution in [0.5, 0.6) is 0 Å². The first-order valence-electron chi connectivity index (χ1n) is 7.77. The number of nitrogens with zero attached hydrogens (tertiary/aromatic N) is 4. The zero-order valence-corrected chi connectivity index (χ0v) is 12.8. The maximum atomic E-state index is 4.76. The van der Waals surface area contributed by atoms with Gasteiger partial charge in [0.15, 0.2) is 0 Å². The Labute approximate surface area is 121 Å². The van der Waals surface area contributed by atoms with E-state index >= 15 is 0 Å². The molecule has 5 nitrogen and oxygen atoms in total. The zero-order valence-electron chi connectivity index (χ0n) is 12.8. The lowest BCUT2D eigenvalue weighted by Gasteiger charge is -2.36. The Morgan fingerprint density at radius 3 is 2.40 bits per heavy atom. The van der Waals surface area contributed by atoms with Crippen LogP contribution in [-0.4, -0.2) is 54.1 Å². The Hall–Kier alpha value is -1.36. The number of aromatic nitrogens is 2. The molecule has 0 amide bonds. The maximum Gasteiger partial charge on any atom is 0.137 e. The Kier molecular flexibility index (Phi) is 3.78. The van der Waals surface area contributed by atoms with Crippen molar-refractivity contribution in [3.63, 3.8) is 0 Å². The molecule has 0 unspecified atom stereocenters. The van der Waals surface area contributed by atoms with Crippen molar-refractivity contribution >= 4 is 11.6 Å². The van der Waals surface area contributed by atoms with Gasteiger partial charge >= 0.3 is 0 Å². The second-order valence-electron chi connectivity index (χ2n) is 5.79. The molecule has 2 fully saturated rings. The van der Waals surface area contributed by atoms with Crippen LogP contribution in [0.1, 0.15) is 31.2 Å². The number of nitrogens with one attached hydrogen (secondary N) is 1. The van der Waals surface area contributed by atoms with Gasteiger partial charge in [0.2, 0.25) is 0 Å². The molecule has 5 heteroatoms. The van der Waals surface area contributed by atoms with Crippen LogP contribution in [0.25, 0.3) is 0 Å². The molecule has 1 saturated heterocycles. The Morgan fingerprint density at radius 2 is 1.85 bits per heavy atom. The van der Waals surface area contributed by atoms with Crippen molar-refractivity contribution in [3.05, 3.63) is 11.4 Å². The van der Waals surface area contributed by atoms with Crippen molar-refractivity contribution in [2.75, 3.05) is 43.4 Å². The molecule has 1 aliphatic carbocycles. The standard InChI is InChI=1S/C15H25N5/c1-4-13-17-14(16-3)11(2)15(18-13)20-9-7-19(8-10-20)12-5-6-12/h12H,4-10H2,1-3H3,(H,16,17,18). The van der Waals surface area contributed by atoms with Crippen LogP contribution in [-0.2, 0) is 6.42 Å². The summed E-state index contributed by atoms with van der Waals surface area (Å²) < 4.78 is 0. The Balaban J connectivity index is 1.78. The van der Waals surface area contributed by atoms with E-state index in [4.69, 9.17) is 4.98 Å².